The maximum atomic E-state index is 13.2. The summed E-state index contributed by atoms with van der Waals surface area (Å²) in [5.74, 6) is -0.835. The number of carboxylic acids is 1. The Morgan fingerprint density at radius 3 is 2.21 bits per heavy atom. The molecular weight excluding hydrogens is 543 g/mol. The van der Waals surface area contributed by atoms with Crippen molar-refractivity contribution in [2.45, 2.75) is 51.4 Å². The first-order valence-corrected chi connectivity index (χ1v) is 13.9. The van der Waals surface area contributed by atoms with E-state index in [1.54, 1.807) is 24.3 Å². The molecule has 0 aliphatic carbocycles. The van der Waals surface area contributed by atoms with Gasteiger partial charge in [-0.25, -0.2) is 14.4 Å². The Morgan fingerprint density at radius 2 is 1.55 bits per heavy atom. The zero-order valence-corrected chi connectivity index (χ0v) is 23.8. The van der Waals surface area contributed by atoms with E-state index in [0.29, 0.717) is 47.3 Å². The van der Waals surface area contributed by atoms with E-state index in [0.717, 1.165) is 44.7 Å². The topological polar surface area (TPSA) is 155 Å². The number of carbonyl (C=O) groups is 3. The number of hydrogen-bond donors (Lipinski definition) is 5. The van der Waals surface area contributed by atoms with Crippen molar-refractivity contribution in [2.24, 2.45) is 0 Å². The number of aliphatic carboxylic acids is 1. The average molecular weight is 581 g/mol. The Hall–Kier alpha value is -4.74. The molecule has 0 aliphatic heterocycles. The summed E-state index contributed by atoms with van der Waals surface area (Å²) < 4.78 is 18.8. The molecule has 3 rings (SSSR count). The van der Waals surface area contributed by atoms with Crippen molar-refractivity contribution in [1.29, 1.82) is 0 Å². The summed E-state index contributed by atoms with van der Waals surface area (Å²) in [6.07, 6.45) is 9.19. The molecule has 2 amide bonds. The summed E-state index contributed by atoms with van der Waals surface area (Å²) in [5.41, 5.74) is 1.46. The summed E-state index contributed by atoms with van der Waals surface area (Å²) in [5, 5.41) is 20.4. The minimum atomic E-state index is -0.752. The molecule has 1 aromatic carbocycles. The van der Waals surface area contributed by atoms with Gasteiger partial charge in [-0.1, -0.05) is 38.2 Å². The number of benzene rings is 1. The molecule has 224 valence electrons. The van der Waals surface area contributed by atoms with Gasteiger partial charge >= 0.3 is 5.97 Å². The largest absolute Gasteiger partial charge is 0.494 e. The number of unbranched alkanes of at least 4 members (excludes halogenated alkanes) is 6. The first-order chi connectivity index (χ1) is 20.3. The van der Waals surface area contributed by atoms with Crippen molar-refractivity contribution in [1.82, 2.24) is 20.6 Å². The monoisotopic (exact) mass is 580 g/mol. The summed E-state index contributed by atoms with van der Waals surface area (Å²) in [4.78, 5) is 44.4. The van der Waals surface area contributed by atoms with Gasteiger partial charge in [-0.3, -0.25) is 14.4 Å². The van der Waals surface area contributed by atoms with E-state index in [1.807, 2.05) is 0 Å². The Morgan fingerprint density at radius 1 is 0.833 bits per heavy atom. The van der Waals surface area contributed by atoms with Crippen LogP contribution in [0.2, 0.25) is 0 Å². The number of para-hydroxylation sites is 1. The molecule has 0 atom stereocenters. The second-order valence-corrected chi connectivity index (χ2v) is 9.57. The molecule has 0 fully saturated rings. The van der Waals surface area contributed by atoms with Crippen molar-refractivity contribution in [3.8, 4) is 5.75 Å². The summed E-state index contributed by atoms with van der Waals surface area (Å²) in [6, 6.07) is 9.44. The molecule has 0 spiro atoms. The van der Waals surface area contributed by atoms with Crippen LogP contribution in [0.15, 0.2) is 48.8 Å². The number of anilines is 4. The lowest BCUT2D eigenvalue weighted by atomic mass is 10.1. The zero-order chi connectivity index (χ0) is 30.3. The minimum Gasteiger partial charge on any atom is -0.494 e. The van der Waals surface area contributed by atoms with Gasteiger partial charge in [-0.05, 0) is 37.1 Å². The highest BCUT2D eigenvalue weighted by atomic mass is 19.1. The van der Waals surface area contributed by atoms with Gasteiger partial charge in [-0.2, -0.15) is 0 Å². The van der Waals surface area contributed by atoms with Gasteiger partial charge in [0.2, 0.25) is 0 Å². The third-order valence-electron chi connectivity index (χ3n) is 6.45. The molecule has 0 unspecified atom stereocenters. The number of nitrogens with zero attached hydrogens (tertiary/aromatic N) is 2. The fourth-order valence-corrected chi connectivity index (χ4v) is 4.29. The van der Waals surface area contributed by atoms with Gasteiger partial charge in [0.1, 0.15) is 17.5 Å². The number of nitrogens with one attached hydrogen (secondary N) is 4. The van der Waals surface area contributed by atoms with Crippen LogP contribution in [-0.4, -0.2) is 53.6 Å². The highest BCUT2D eigenvalue weighted by Gasteiger charge is 2.19. The van der Waals surface area contributed by atoms with E-state index in [-0.39, 0.29) is 23.8 Å². The van der Waals surface area contributed by atoms with Gasteiger partial charge in [0, 0.05) is 32.3 Å². The van der Waals surface area contributed by atoms with Gasteiger partial charge in [-0.15, -0.1) is 0 Å². The SMILES string of the molecule is CNC(=O)c1cnc(Nc2ccc(F)cn2)cc1Nc1cccc(C(=O)NCCCCCCCCCC(=O)O)c1OC. The Labute approximate surface area is 244 Å². The summed E-state index contributed by atoms with van der Waals surface area (Å²) >= 11 is 0. The lowest BCUT2D eigenvalue weighted by Gasteiger charge is -2.17. The fourth-order valence-electron chi connectivity index (χ4n) is 4.29. The molecule has 0 aliphatic rings. The third kappa shape index (κ3) is 9.72. The molecule has 0 saturated heterocycles. The highest BCUT2D eigenvalue weighted by molar-refractivity contribution is 6.02. The molecule has 0 bridgehead atoms. The highest BCUT2D eigenvalue weighted by Crippen LogP contribution is 2.33. The predicted octanol–water partition coefficient (Wildman–Crippen LogP) is 5.41. The Bertz CT molecular complexity index is 1350. The number of amides is 2. The van der Waals surface area contributed by atoms with E-state index < -0.39 is 11.8 Å². The summed E-state index contributed by atoms with van der Waals surface area (Å²) in [6.45, 7) is 0.510. The van der Waals surface area contributed by atoms with Crippen molar-refractivity contribution < 1.29 is 28.6 Å². The Balaban J connectivity index is 1.64. The maximum absolute atomic E-state index is 13.2. The summed E-state index contributed by atoms with van der Waals surface area (Å²) in [7, 11) is 2.97. The molecule has 2 heterocycles. The first-order valence-electron chi connectivity index (χ1n) is 13.9. The van der Waals surface area contributed by atoms with E-state index in [1.165, 1.54) is 32.5 Å². The molecule has 11 nitrogen and oxygen atoms in total. The van der Waals surface area contributed by atoms with E-state index in [4.69, 9.17) is 9.84 Å². The van der Waals surface area contributed by atoms with E-state index in [9.17, 15) is 18.8 Å². The quantitative estimate of drug-likeness (QED) is 0.132. The van der Waals surface area contributed by atoms with Crippen LogP contribution in [0.3, 0.4) is 0 Å². The minimum absolute atomic E-state index is 0.220. The first kappa shape index (κ1) is 31.8. The molecule has 42 heavy (non-hydrogen) atoms. The van der Waals surface area contributed by atoms with Crippen LogP contribution in [0.25, 0.3) is 0 Å². The number of pyridine rings is 2. The molecule has 5 N–H and O–H groups in total. The van der Waals surface area contributed by atoms with Crippen molar-refractivity contribution in [3.63, 3.8) is 0 Å². The van der Waals surface area contributed by atoms with Crippen LogP contribution in [0, 0.1) is 5.82 Å². The standard InChI is InChI=1S/C30H37FN6O5/c1-32-29(40)22-19-35-26(37-25-15-14-20(31)18-34-25)17-24(22)36-23-12-10-11-21(28(23)42-2)30(41)33-16-9-7-5-3-4-6-8-13-27(38)39/h10-12,14-15,17-19H,3-9,13,16H2,1-2H3,(H,32,40)(H,33,41)(H,38,39)(H2,34,35,36,37). The normalized spacial score (nSPS) is 10.5. The number of halogens is 1. The van der Waals surface area contributed by atoms with Gasteiger partial charge < -0.3 is 31.1 Å². The number of hydrogen-bond acceptors (Lipinski definition) is 8. The molecule has 2 aromatic heterocycles. The lowest BCUT2D eigenvalue weighted by molar-refractivity contribution is -0.137. The van der Waals surface area contributed by atoms with Crippen molar-refractivity contribution in [2.75, 3.05) is 31.3 Å². The molecule has 12 heteroatoms. The zero-order valence-electron chi connectivity index (χ0n) is 23.8. The number of aromatic nitrogens is 2. The van der Waals surface area contributed by atoms with Gasteiger partial charge in [0.25, 0.3) is 11.8 Å². The number of methoxy groups -OCH3 is 1. The lowest BCUT2D eigenvalue weighted by Crippen LogP contribution is -2.25. The van der Waals surface area contributed by atoms with Gasteiger partial charge in [0.15, 0.2) is 5.75 Å². The average Bonchev–Trinajstić information content (AvgIpc) is 2.98. The van der Waals surface area contributed by atoms with Crippen LogP contribution < -0.4 is 26.0 Å². The molecule has 0 radical (unpaired) electrons. The van der Waals surface area contributed by atoms with Gasteiger partial charge in [0.05, 0.1) is 35.8 Å². The van der Waals surface area contributed by atoms with Crippen molar-refractivity contribution >= 4 is 40.8 Å². The van der Waals surface area contributed by atoms with Crippen LogP contribution in [0.1, 0.15) is 72.1 Å². The number of ether oxygens (including phenoxy) is 1. The smallest absolute Gasteiger partial charge is 0.303 e. The third-order valence-corrected chi connectivity index (χ3v) is 6.45. The molecular formula is C30H37FN6O5. The maximum Gasteiger partial charge on any atom is 0.303 e. The Kier molecular flexibility index (Phi) is 12.5. The molecule has 3 aromatic rings. The van der Waals surface area contributed by atoms with E-state index >= 15 is 0 Å². The van der Waals surface area contributed by atoms with Crippen molar-refractivity contribution in [3.05, 3.63) is 65.7 Å². The second-order valence-electron chi connectivity index (χ2n) is 9.57. The van der Waals surface area contributed by atoms with E-state index in [2.05, 4.69) is 31.2 Å². The number of rotatable bonds is 17. The number of carboxylic acid groups (broad SMARTS) is 1. The van der Waals surface area contributed by atoms with Crippen LogP contribution in [-0.2, 0) is 4.79 Å². The van der Waals surface area contributed by atoms with Crippen LogP contribution in [0.4, 0.5) is 27.4 Å². The molecule has 0 saturated carbocycles. The van der Waals surface area contributed by atoms with Crippen LogP contribution in [0.5, 0.6) is 5.75 Å². The number of carbonyl (C=O) groups excluding carboxylic acids is 2. The second kappa shape index (κ2) is 16.5. The van der Waals surface area contributed by atoms with Crippen LogP contribution >= 0.6 is 0 Å². The fraction of sp³-hybridized carbons (Fsp3) is 0.367. The predicted molar refractivity (Wildman–Crippen MR) is 158 cm³/mol.